The fourth-order valence-electron chi connectivity index (χ4n) is 6.01. The highest BCUT2D eigenvalue weighted by Gasteiger charge is 2.18. The molecule has 0 aliphatic heterocycles. The lowest BCUT2D eigenvalue weighted by molar-refractivity contribution is 0.482. The number of aromatic nitrogens is 4. The molecule has 7 aromatic rings. The van der Waals surface area contributed by atoms with Gasteiger partial charge in [-0.15, -0.1) is 0 Å². The molecular formula is C38H34N4O. The van der Waals surface area contributed by atoms with Gasteiger partial charge in [-0.1, -0.05) is 75.4 Å². The zero-order chi connectivity index (χ0) is 29.7. The summed E-state index contributed by atoms with van der Waals surface area (Å²) >= 11 is 0. The van der Waals surface area contributed by atoms with Crippen LogP contribution in [0.1, 0.15) is 37.7 Å². The molecule has 0 amide bonds. The van der Waals surface area contributed by atoms with Gasteiger partial charge in [-0.25, -0.2) is 9.67 Å². The minimum Gasteiger partial charge on any atom is -0.457 e. The number of pyridine rings is 1. The molecule has 0 bridgehead atoms. The largest absolute Gasteiger partial charge is 0.457 e. The van der Waals surface area contributed by atoms with Gasteiger partial charge in [0, 0.05) is 40.4 Å². The summed E-state index contributed by atoms with van der Waals surface area (Å²) in [5.41, 5.74) is 9.00. The molecule has 0 saturated carbocycles. The second-order valence-electron chi connectivity index (χ2n) is 12.1. The molecule has 5 nitrogen and oxygen atoms in total. The monoisotopic (exact) mass is 562 g/mol. The molecule has 0 atom stereocenters. The number of hydrogen-bond acceptors (Lipinski definition) is 3. The molecule has 0 N–H and O–H groups in total. The van der Waals surface area contributed by atoms with Crippen molar-refractivity contribution in [3.8, 4) is 34.1 Å². The molecule has 0 fully saturated rings. The Morgan fingerprint density at radius 2 is 1.42 bits per heavy atom. The van der Waals surface area contributed by atoms with Gasteiger partial charge < -0.3 is 4.74 Å². The van der Waals surface area contributed by atoms with Crippen molar-refractivity contribution in [3.05, 3.63) is 132 Å². The first-order chi connectivity index (χ1) is 20.8. The maximum Gasteiger partial charge on any atom is 0.137 e. The van der Waals surface area contributed by atoms with E-state index in [1.807, 2.05) is 53.3 Å². The van der Waals surface area contributed by atoms with Crippen molar-refractivity contribution in [2.75, 3.05) is 0 Å². The lowest BCUT2D eigenvalue weighted by atomic mass is 9.86. The van der Waals surface area contributed by atoms with Crippen LogP contribution in [0.15, 0.2) is 115 Å². The van der Waals surface area contributed by atoms with Gasteiger partial charge >= 0.3 is 0 Å². The predicted molar refractivity (Wildman–Crippen MR) is 176 cm³/mol. The van der Waals surface area contributed by atoms with Crippen LogP contribution < -0.4 is 4.74 Å². The summed E-state index contributed by atoms with van der Waals surface area (Å²) in [4.78, 5) is 4.65. The molecule has 3 aromatic heterocycles. The van der Waals surface area contributed by atoms with E-state index >= 15 is 0 Å². The first kappa shape index (κ1) is 26.7. The lowest BCUT2D eigenvalue weighted by Crippen LogP contribution is -2.10. The van der Waals surface area contributed by atoms with Gasteiger partial charge in [-0.2, -0.15) is 5.10 Å². The van der Waals surface area contributed by atoms with Crippen LogP contribution in [0.3, 0.4) is 0 Å². The molecule has 7 rings (SSSR count). The number of benzene rings is 4. The Balaban J connectivity index is 1.24. The van der Waals surface area contributed by atoms with E-state index in [0.29, 0.717) is 0 Å². The average molecular weight is 563 g/mol. The molecule has 3 heterocycles. The van der Waals surface area contributed by atoms with Gasteiger partial charge in [-0.3, -0.25) is 4.57 Å². The topological polar surface area (TPSA) is 44.9 Å². The fraction of sp³-hybridized carbons (Fsp3) is 0.158. The Labute approximate surface area is 252 Å². The van der Waals surface area contributed by atoms with Crippen LogP contribution >= 0.6 is 0 Å². The zero-order valence-corrected chi connectivity index (χ0v) is 25.2. The molecule has 5 heteroatoms. The number of para-hydroxylation sites is 1. The van der Waals surface area contributed by atoms with E-state index in [-0.39, 0.29) is 5.41 Å². The third-order valence-corrected chi connectivity index (χ3v) is 8.15. The minimum absolute atomic E-state index is 0.118. The van der Waals surface area contributed by atoms with Crippen molar-refractivity contribution in [2.45, 2.75) is 40.0 Å². The average Bonchev–Trinajstić information content (AvgIpc) is 3.50. The van der Waals surface area contributed by atoms with Crippen LogP contribution in [0.25, 0.3) is 44.4 Å². The SMILES string of the molecule is Cc1nn(-c2cccc(Oc3ccc4c5ccccc5n(-c5ccccn5)c4c3)c2)c(C)c1-c1ccc(C(C)(C)C)cc1. The van der Waals surface area contributed by atoms with Crippen LogP contribution in [0.4, 0.5) is 0 Å². The third-order valence-electron chi connectivity index (χ3n) is 8.15. The summed E-state index contributed by atoms with van der Waals surface area (Å²) in [6.45, 7) is 10.9. The molecule has 4 aromatic carbocycles. The Bertz CT molecular complexity index is 2100. The van der Waals surface area contributed by atoms with E-state index in [0.717, 1.165) is 50.8 Å². The number of fused-ring (bicyclic) bond motifs is 3. The van der Waals surface area contributed by atoms with Crippen molar-refractivity contribution in [1.82, 2.24) is 19.3 Å². The Morgan fingerprint density at radius 3 is 2.19 bits per heavy atom. The normalized spacial score (nSPS) is 11.8. The highest BCUT2D eigenvalue weighted by molar-refractivity contribution is 6.09. The quantitative estimate of drug-likeness (QED) is 0.210. The Kier molecular flexibility index (Phi) is 6.39. The molecule has 0 spiro atoms. The summed E-state index contributed by atoms with van der Waals surface area (Å²) in [6, 6.07) is 37.7. The van der Waals surface area contributed by atoms with Crippen LogP contribution in [0.2, 0.25) is 0 Å². The van der Waals surface area contributed by atoms with Gasteiger partial charge in [-0.05, 0) is 72.9 Å². The number of aryl methyl sites for hydroxylation is 1. The highest BCUT2D eigenvalue weighted by Crippen LogP contribution is 2.36. The minimum atomic E-state index is 0.118. The molecule has 0 radical (unpaired) electrons. The van der Waals surface area contributed by atoms with Gasteiger partial charge in [0.15, 0.2) is 0 Å². The summed E-state index contributed by atoms with van der Waals surface area (Å²) in [7, 11) is 0. The van der Waals surface area contributed by atoms with Crippen molar-refractivity contribution in [1.29, 1.82) is 0 Å². The first-order valence-electron chi connectivity index (χ1n) is 14.7. The maximum absolute atomic E-state index is 6.47. The highest BCUT2D eigenvalue weighted by atomic mass is 16.5. The number of rotatable bonds is 5. The van der Waals surface area contributed by atoms with Gasteiger partial charge in [0.1, 0.15) is 17.3 Å². The smallest absolute Gasteiger partial charge is 0.137 e. The molecule has 0 unspecified atom stereocenters. The number of ether oxygens (including phenoxy) is 1. The van der Waals surface area contributed by atoms with E-state index in [4.69, 9.17) is 9.84 Å². The van der Waals surface area contributed by atoms with E-state index in [9.17, 15) is 0 Å². The molecule has 0 saturated heterocycles. The van der Waals surface area contributed by atoms with E-state index in [1.54, 1.807) is 0 Å². The van der Waals surface area contributed by atoms with E-state index < -0.39 is 0 Å². The standard InChI is InChI=1S/C38H34N4O/c1-25-37(27-16-18-28(19-17-27)38(3,4)5)26(2)42(40-25)29-11-10-12-30(23-29)43-31-20-21-33-32-13-6-7-14-34(32)41(35(33)24-31)36-15-8-9-22-39-36/h6-24H,1-5H3. The van der Waals surface area contributed by atoms with Gasteiger partial charge in [0.05, 0.1) is 22.4 Å². The summed E-state index contributed by atoms with van der Waals surface area (Å²) in [5.74, 6) is 2.39. The molecule has 212 valence electrons. The third kappa shape index (κ3) is 4.77. The molecular weight excluding hydrogens is 528 g/mol. The first-order valence-corrected chi connectivity index (χ1v) is 14.7. The van der Waals surface area contributed by atoms with Crippen molar-refractivity contribution >= 4 is 21.8 Å². The second kappa shape index (κ2) is 10.3. The predicted octanol–water partition coefficient (Wildman–Crippen LogP) is 9.74. The van der Waals surface area contributed by atoms with E-state index in [2.05, 4.69) is 111 Å². The second-order valence-corrected chi connectivity index (χ2v) is 12.1. The van der Waals surface area contributed by atoms with Gasteiger partial charge in [0.25, 0.3) is 0 Å². The summed E-state index contributed by atoms with van der Waals surface area (Å²) < 4.78 is 10.7. The van der Waals surface area contributed by atoms with E-state index in [1.165, 1.54) is 22.1 Å². The zero-order valence-electron chi connectivity index (χ0n) is 25.2. The molecule has 43 heavy (non-hydrogen) atoms. The number of hydrogen-bond donors (Lipinski definition) is 0. The molecule has 0 aliphatic rings. The van der Waals surface area contributed by atoms with Crippen LogP contribution in [-0.4, -0.2) is 19.3 Å². The lowest BCUT2D eigenvalue weighted by Gasteiger charge is -2.19. The Morgan fingerprint density at radius 1 is 0.674 bits per heavy atom. The maximum atomic E-state index is 6.47. The van der Waals surface area contributed by atoms with Gasteiger partial charge in [0.2, 0.25) is 0 Å². The fourth-order valence-corrected chi connectivity index (χ4v) is 6.01. The number of nitrogens with zero attached hydrogens (tertiary/aromatic N) is 4. The van der Waals surface area contributed by atoms with Crippen molar-refractivity contribution in [2.24, 2.45) is 0 Å². The Hall–Kier alpha value is -5.16. The summed E-state index contributed by atoms with van der Waals surface area (Å²) in [5, 5.41) is 7.28. The van der Waals surface area contributed by atoms with Crippen LogP contribution in [-0.2, 0) is 5.41 Å². The van der Waals surface area contributed by atoms with Crippen LogP contribution in [0.5, 0.6) is 11.5 Å². The summed E-state index contributed by atoms with van der Waals surface area (Å²) in [6.07, 6.45) is 1.83. The molecule has 0 aliphatic carbocycles. The van der Waals surface area contributed by atoms with Crippen molar-refractivity contribution < 1.29 is 4.74 Å². The van der Waals surface area contributed by atoms with Crippen LogP contribution in [0, 0.1) is 13.8 Å². The van der Waals surface area contributed by atoms with Crippen molar-refractivity contribution in [3.63, 3.8) is 0 Å².